The predicted molar refractivity (Wildman–Crippen MR) is 78.8 cm³/mol. The molecule has 0 radical (unpaired) electrons. The van der Waals surface area contributed by atoms with Crippen LogP contribution in [0.4, 0.5) is 5.95 Å². The van der Waals surface area contributed by atoms with Crippen LogP contribution < -0.4 is 5.32 Å². The topological polar surface area (TPSA) is 62.5 Å². The molecule has 1 fully saturated rings. The van der Waals surface area contributed by atoms with Gasteiger partial charge in [-0.1, -0.05) is 6.92 Å². The number of hydrogen-bond donors (Lipinski definition) is 2. The highest BCUT2D eigenvalue weighted by molar-refractivity contribution is 5.45. The lowest BCUT2D eigenvalue weighted by atomic mass is 9.79. The maximum atomic E-state index is 10.5. The first-order valence-electron chi connectivity index (χ1n) is 7.33. The van der Waals surface area contributed by atoms with Gasteiger partial charge in [0.2, 0.25) is 5.95 Å². The maximum absolute atomic E-state index is 10.5. The molecule has 0 aromatic carbocycles. The Bertz CT molecular complexity index is 599. The maximum Gasteiger partial charge on any atom is 0.243 e. The van der Waals surface area contributed by atoms with Crippen molar-refractivity contribution in [2.75, 3.05) is 11.9 Å². The fraction of sp³-hybridized carbons (Fsp3) is 0.600. The zero-order chi connectivity index (χ0) is 14.2. The molecule has 5 nitrogen and oxygen atoms in total. The Labute approximate surface area is 119 Å². The molecular formula is C15H22N4O. The van der Waals surface area contributed by atoms with Gasteiger partial charge < -0.3 is 10.4 Å². The van der Waals surface area contributed by atoms with Crippen molar-refractivity contribution in [1.82, 2.24) is 14.6 Å². The van der Waals surface area contributed by atoms with Gasteiger partial charge in [0.1, 0.15) is 0 Å². The van der Waals surface area contributed by atoms with Gasteiger partial charge in [-0.25, -0.2) is 4.52 Å². The van der Waals surface area contributed by atoms with Crippen LogP contribution in [0, 0.1) is 12.8 Å². The lowest BCUT2D eigenvalue weighted by molar-refractivity contribution is 0.00488. The van der Waals surface area contributed by atoms with E-state index in [4.69, 9.17) is 0 Å². The first kappa shape index (κ1) is 13.4. The molecular weight excluding hydrogens is 252 g/mol. The average molecular weight is 274 g/mol. The summed E-state index contributed by atoms with van der Waals surface area (Å²) in [5, 5.41) is 18.1. The molecule has 2 heterocycles. The summed E-state index contributed by atoms with van der Waals surface area (Å²) < 4.78 is 1.75. The molecule has 20 heavy (non-hydrogen) atoms. The average Bonchev–Trinajstić information content (AvgIpc) is 2.82. The Hall–Kier alpha value is -1.62. The van der Waals surface area contributed by atoms with Crippen molar-refractivity contribution in [1.29, 1.82) is 0 Å². The molecule has 2 aromatic heterocycles. The van der Waals surface area contributed by atoms with Gasteiger partial charge in [0.25, 0.3) is 0 Å². The normalized spacial score (nSPS) is 26.9. The van der Waals surface area contributed by atoms with Crippen LogP contribution in [0.25, 0.3) is 5.65 Å². The minimum Gasteiger partial charge on any atom is -0.388 e. The number of rotatable bonds is 3. The van der Waals surface area contributed by atoms with Crippen molar-refractivity contribution >= 4 is 11.6 Å². The minimum atomic E-state index is -0.611. The SMILES string of the molecule is Cc1ccn2nc(NCC3(O)CCC(C)CC3)nc2c1. The van der Waals surface area contributed by atoms with Crippen LogP contribution in [0.1, 0.15) is 38.2 Å². The van der Waals surface area contributed by atoms with E-state index >= 15 is 0 Å². The highest BCUT2D eigenvalue weighted by atomic mass is 16.3. The summed E-state index contributed by atoms with van der Waals surface area (Å²) in [5.74, 6) is 1.31. The van der Waals surface area contributed by atoms with Gasteiger partial charge in [-0.05, 0) is 56.2 Å². The molecule has 0 amide bonds. The molecule has 0 aliphatic heterocycles. The lowest BCUT2D eigenvalue weighted by Gasteiger charge is -2.34. The molecule has 0 unspecified atom stereocenters. The molecule has 0 spiro atoms. The van der Waals surface area contributed by atoms with Gasteiger partial charge in [-0.15, -0.1) is 5.10 Å². The van der Waals surface area contributed by atoms with Gasteiger partial charge in [-0.2, -0.15) is 4.98 Å². The quantitative estimate of drug-likeness (QED) is 0.902. The predicted octanol–water partition coefficient (Wildman–Crippen LogP) is 2.39. The first-order chi connectivity index (χ1) is 9.54. The van der Waals surface area contributed by atoms with Gasteiger partial charge in [0.05, 0.1) is 5.60 Å². The number of fused-ring (bicyclic) bond motifs is 1. The van der Waals surface area contributed by atoms with Crippen LogP contribution >= 0.6 is 0 Å². The second-order valence-electron chi connectivity index (χ2n) is 6.20. The largest absolute Gasteiger partial charge is 0.388 e. The van der Waals surface area contributed by atoms with Crippen molar-refractivity contribution < 1.29 is 5.11 Å². The summed E-state index contributed by atoms with van der Waals surface area (Å²) in [5.41, 5.74) is 1.38. The Morgan fingerprint density at radius 1 is 1.45 bits per heavy atom. The van der Waals surface area contributed by atoms with Crippen LogP contribution in [0.15, 0.2) is 18.3 Å². The van der Waals surface area contributed by atoms with Crippen LogP contribution in [-0.2, 0) is 0 Å². The molecule has 0 saturated heterocycles. The van der Waals surface area contributed by atoms with Crippen molar-refractivity contribution in [3.05, 3.63) is 23.9 Å². The van der Waals surface area contributed by atoms with E-state index in [0.717, 1.165) is 42.8 Å². The van der Waals surface area contributed by atoms with E-state index in [0.29, 0.717) is 12.5 Å². The molecule has 0 bridgehead atoms. The fourth-order valence-corrected chi connectivity index (χ4v) is 2.78. The van der Waals surface area contributed by atoms with E-state index in [1.807, 2.05) is 25.3 Å². The van der Waals surface area contributed by atoms with Gasteiger partial charge in [0.15, 0.2) is 5.65 Å². The molecule has 108 valence electrons. The smallest absolute Gasteiger partial charge is 0.243 e. The van der Waals surface area contributed by atoms with E-state index in [2.05, 4.69) is 22.3 Å². The first-order valence-corrected chi connectivity index (χ1v) is 7.33. The molecule has 1 saturated carbocycles. The Morgan fingerprint density at radius 2 is 2.20 bits per heavy atom. The van der Waals surface area contributed by atoms with Gasteiger partial charge in [0, 0.05) is 12.7 Å². The monoisotopic (exact) mass is 274 g/mol. The summed E-state index contributed by atoms with van der Waals surface area (Å²) in [6.07, 6.45) is 5.80. The zero-order valence-electron chi connectivity index (χ0n) is 12.1. The van der Waals surface area contributed by atoms with E-state index in [1.165, 1.54) is 0 Å². The van der Waals surface area contributed by atoms with E-state index < -0.39 is 5.60 Å². The highest BCUT2D eigenvalue weighted by Gasteiger charge is 2.31. The van der Waals surface area contributed by atoms with Crippen LogP contribution in [0.2, 0.25) is 0 Å². The molecule has 3 rings (SSSR count). The molecule has 5 heteroatoms. The number of pyridine rings is 1. The summed E-state index contributed by atoms with van der Waals surface area (Å²) in [6, 6.07) is 4.00. The molecule has 2 N–H and O–H groups in total. The van der Waals surface area contributed by atoms with E-state index in [-0.39, 0.29) is 0 Å². The number of aromatic nitrogens is 3. The number of hydrogen-bond acceptors (Lipinski definition) is 4. The standard InChI is InChI=1S/C15H22N4O/c1-11-3-6-15(20,7-4-11)10-16-14-17-13-9-12(2)5-8-19(13)18-14/h5,8-9,11,20H,3-4,6-7,10H2,1-2H3,(H,16,18). The molecule has 0 atom stereocenters. The molecule has 2 aromatic rings. The number of anilines is 1. The van der Waals surface area contributed by atoms with Crippen molar-refractivity contribution in [3.8, 4) is 0 Å². The second kappa shape index (κ2) is 5.05. The Balaban J connectivity index is 1.67. The summed E-state index contributed by atoms with van der Waals surface area (Å²) >= 11 is 0. The number of nitrogens with one attached hydrogen (secondary N) is 1. The molecule has 1 aliphatic carbocycles. The zero-order valence-corrected chi connectivity index (χ0v) is 12.1. The van der Waals surface area contributed by atoms with Gasteiger partial charge >= 0.3 is 0 Å². The third-order valence-corrected chi connectivity index (χ3v) is 4.27. The van der Waals surface area contributed by atoms with Crippen molar-refractivity contribution in [2.24, 2.45) is 5.92 Å². The van der Waals surface area contributed by atoms with Crippen LogP contribution in [-0.4, -0.2) is 31.9 Å². The van der Waals surface area contributed by atoms with Crippen molar-refractivity contribution in [2.45, 2.75) is 45.1 Å². The Morgan fingerprint density at radius 3 is 2.95 bits per heavy atom. The summed E-state index contributed by atoms with van der Waals surface area (Å²) in [6.45, 7) is 4.81. The lowest BCUT2D eigenvalue weighted by Crippen LogP contribution is -2.40. The summed E-state index contributed by atoms with van der Waals surface area (Å²) in [7, 11) is 0. The van der Waals surface area contributed by atoms with Crippen LogP contribution in [0.5, 0.6) is 0 Å². The summed E-state index contributed by atoms with van der Waals surface area (Å²) in [4.78, 5) is 4.43. The van der Waals surface area contributed by atoms with Gasteiger partial charge in [-0.3, -0.25) is 0 Å². The van der Waals surface area contributed by atoms with Crippen molar-refractivity contribution in [3.63, 3.8) is 0 Å². The Kier molecular flexibility index (Phi) is 3.38. The third kappa shape index (κ3) is 2.77. The molecule has 1 aliphatic rings. The van der Waals surface area contributed by atoms with E-state index in [1.54, 1.807) is 4.52 Å². The third-order valence-electron chi connectivity index (χ3n) is 4.27. The van der Waals surface area contributed by atoms with Crippen LogP contribution in [0.3, 0.4) is 0 Å². The fourth-order valence-electron chi connectivity index (χ4n) is 2.78. The number of aryl methyl sites for hydroxylation is 1. The highest BCUT2D eigenvalue weighted by Crippen LogP contribution is 2.31. The second-order valence-corrected chi connectivity index (χ2v) is 6.20. The minimum absolute atomic E-state index is 0.523. The van der Waals surface area contributed by atoms with E-state index in [9.17, 15) is 5.11 Å². The number of aliphatic hydroxyl groups is 1. The number of nitrogens with zero attached hydrogens (tertiary/aromatic N) is 3.